The normalized spacial score (nSPS) is 29.5. The molecule has 0 spiro atoms. The SMILES string of the molecule is O=P([O-])([O-])OC[C@H]1O[C@@](O)(COP(=O)([O-])[O-])C(O)C1O.[Na+].[Na+].[Na+].[Na+]. The summed E-state index contributed by atoms with van der Waals surface area (Å²) in [5.41, 5.74) is 0. The smallest absolute Gasteiger partial charge is 0.790 e. The maximum Gasteiger partial charge on any atom is 1.00 e. The van der Waals surface area contributed by atoms with Crippen LogP contribution in [0, 0.1) is 0 Å². The van der Waals surface area contributed by atoms with Crippen molar-refractivity contribution in [2.24, 2.45) is 0 Å². The van der Waals surface area contributed by atoms with E-state index in [4.69, 9.17) is 0 Å². The molecule has 2 unspecified atom stereocenters. The summed E-state index contributed by atoms with van der Waals surface area (Å²) in [6.07, 6.45) is -5.69. The van der Waals surface area contributed by atoms with Crippen LogP contribution < -0.4 is 138 Å². The van der Waals surface area contributed by atoms with E-state index in [0.29, 0.717) is 0 Å². The molecule has 1 heterocycles. The van der Waals surface area contributed by atoms with Gasteiger partial charge in [-0.25, -0.2) is 0 Å². The maximum atomic E-state index is 10.3. The minimum Gasteiger partial charge on any atom is -0.790 e. The van der Waals surface area contributed by atoms with Gasteiger partial charge in [0.15, 0.2) is 0 Å². The summed E-state index contributed by atoms with van der Waals surface area (Å²) >= 11 is 0. The van der Waals surface area contributed by atoms with E-state index in [2.05, 4.69) is 13.8 Å². The molecule has 18 heteroatoms. The molecule has 3 N–H and O–H groups in total. The van der Waals surface area contributed by atoms with Gasteiger partial charge in [-0.2, -0.15) is 0 Å². The van der Waals surface area contributed by atoms with Crippen molar-refractivity contribution in [2.45, 2.75) is 24.1 Å². The van der Waals surface area contributed by atoms with Crippen LogP contribution in [0.2, 0.25) is 0 Å². The monoisotopic (exact) mass is 428 g/mol. The van der Waals surface area contributed by atoms with Gasteiger partial charge in [-0.1, -0.05) is 0 Å². The van der Waals surface area contributed by atoms with Crippen LogP contribution in [-0.4, -0.2) is 52.6 Å². The summed E-state index contributed by atoms with van der Waals surface area (Å²) in [7, 11) is -10.9. The van der Waals surface area contributed by atoms with Crippen LogP contribution in [0.3, 0.4) is 0 Å². The van der Waals surface area contributed by atoms with Crippen molar-refractivity contribution in [1.82, 2.24) is 0 Å². The Morgan fingerprint density at radius 3 is 1.75 bits per heavy atom. The van der Waals surface area contributed by atoms with Gasteiger partial charge in [0, 0.05) is 0 Å². The van der Waals surface area contributed by atoms with Crippen molar-refractivity contribution >= 4 is 15.6 Å². The second kappa shape index (κ2) is 14.1. The molecule has 4 atom stereocenters. The zero-order valence-corrected chi connectivity index (χ0v) is 23.3. The van der Waals surface area contributed by atoms with E-state index >= 15 is 0 Å². The first kappa shape index (κ1) is 35.5. The Bertz CT molecular complexity index is 443. The van der Waals surface area contributed by atoms with E-state index < -0.39 is 53.0 Å². The first-order chi connectivity index (χ1) is 8.84. The van der Waals surface area contributed by atoms with E-state index in [1.165, 1.54) is 0 Å². The topological polar surface area (TPSA) is 215 Å². The van der Waals surface area contributed by atoms with Crippen LogP contribution in [0.1, 0.15) is 0 Å². The fourth-order valence-corrected chi connectivity index (χ4v) is 2.13. The van der Waals surface area contributed by atoms with E-state index in [1.54, 1.807) is 0 Å². The van der Waals surface area contributed by atoms with Gasteiger partial charge in [0.05, 0.1) is 22.3 Å². The predicted molar refractivity (Wildman–Crippen MR) is 49.0 cm³/mol. The first-order valence-electron chi connectivity index (χ1n) is 4.93. The zero-order valence-electron chi connectivity index (χ0n) is 13.6. The Kier molecular flexibility index (Phi) is 20.9. The molecule has 0 bridgehead atoms. The number of aliphatic hydroxyl groups excluding tert-OH is 2. The number of hydrogen-bond acceptors (Lipinski definition) is 12. The van der Waals surface area contributed by atoms with Crippen LogP contribution in [0.25, 0.3) is 0 Å². The van der Waals surface area contributed by atoms with Gasteiger partial charge in [-0.15, -0.1) is 0 Å². The zero-order chi connectivity index (χ0) is 15.8. The van der Waals surface area contributed by atoms with Crippen molar-refractivity contribution in [2.75, 3.05) is 13.2 Å². The molecule has 1 aliphatic rings. The number of phosphoric ester groups is 2. The predicted octanol–water partition coefficient (Wildman–Crippen LogP) is -17.5. The Balaban J connectivity index is -0.000000500. The summed E-state index contributed by atoms with van der Waals surface area (Å²) in [5.74, 6) is -2.78. The fourth-order valence-electron chi connectivity index (χ4n) is 1.46. The molecule has 12 nitrogen and oxygen atoms in total. The minimum atomic E-state index is -5.48. The summed E-state index contributed by atoms with van der Waals surface area (Å²) in [5, 5.41) is 28.5. The summed E-state index contributed by atoms with van der Waals surface area (Å²) in [6.45, 7) is -2.37. The van der Waals surface area contributed by atoms with Crippen molar-refractivity contribution in [1.29, 1.82) is 0 Å². The van der Waals surface area contributed by atoms with Crippen molar-refractivity contribution in [3.05, 3.63) is 0 Å². The molecule has 0 radical (unpaired) electrons. The standard InChI is InChI=1S/C6H14O12P2.4Na/c7-4-3(1-16-19(10,11)12)18-6(9,5(4)8)2-17-20(13,14)15;;;;/h3-5,7-9H,1-2H2,(H2,10,11,12)(H2,13,14,15);;;;/q;4*+1/p-4/t3-,4?,5?,6+;;;;/m1..../s1. The molecule has 24 heavy (non-hydrogen) atoms. The molecule has 0 aromatic rings. The van der Waals surface area contributed by atoms with Crippen molar-refractivity contribution in [3.63, 3.8) is 0 Å². The van der Waals surface area contributed by atoms with Crippen molar-refractivity contribution < 1.29 is 176 Å². The number of ether oxygens (including phenoxy) is 1. The van der Waals surface area contributed by atoms with Gasteiger partial charge >= 0.3 is 118 Å². The van der Waals surface area contributed by atoms with Crippen LogP contribution in [-0.2, 0) is 22.9 Å². The second-order valence-corrected chi connectivity index (χ2v) is 6.21. The van der Waals surface area contributed by atoms with Crippen LogP contribution in [0.4, 0.5) is 0 Å². The Hall–Kier alpha value is 4.06. The second-order valence-electron chi connectivity index (χ2n) is 3.90. The van der Waals surface area contributed by atoms with Crippen LogP contribution in [0.5, 0.6) is 0 Å². The molecular weight excluding hydrogens is 418 g/mol. The quantitative estimate of drug-likeness (QED) is 0.266. The first-order valence-corrected chi connectivity index (χ1v) is 7.86. The molecule has 1 aliphatic heterocycles. The van der Waals surface area contributed by atoms with Crippen molar-refractivity contribution in [3.8, 4) is 0 Å². The largest absolute Gasteiger partial charge is 1.00 e. The molecule has 0 saturated carbocycles. The Morgan fingerprint density at radius 1 is 0.958 bits per heavy atom. The Labute approximate surface area is 225 Å². The third-order valence-electron chi connectivity index (χ3n) is 2.35. The molecule has 1 rings (SSSR count). The maximum absolute atomic E-state index is 10.3. The molecule has 0 aliphatic carbocycles. The van der Waals surface area contributed by atoms with Gasteiger partial charge in [0.25, 0.3) is 0 Å². The minimum absolute atomic E-state index is 0. The molecule has 1 saturated heterocycles. The number of phosphoric acid groups is 2. The van der Waals surface area contributed by atoms with Gasteiger partial charge in [-0.05, 0) is 0 Å². The third-order valence-corrected chi connectivity index (χ3v) is 3.26. The number of hydrogen-bond donors (Lipinski definition) is 3. The summed E-state index contributed by atoms with van der Waals surface area (Å²) < 4.78 is 32.6. The molecule has 0 amide bonds. The van der Waals surface area contributed by atoms with Gasteiger partial charge in [-0.3, -0.25) is 0 Å². The van der Waals surface area contributed by atoms with E-state index in [0.717, 1.165) is 0 Å². The van der Waals surface area contributed by atoms with Gasteiger partial charge < -0.3 is 57.8 Å². The van der Waals surface area contributed by atoms with Gasteiger partial charge in [0.2, 0.25) is 5.79 Å². The third kappa shape index (κ3) is 12.6. The summed E-state index contributed by atoms with van der Waals surface area (Å²) in [4.78, 5) is 41.0. The number of aliphatic hydroxyl groups is 3. The molecular formula is C6H10Na4O12P2. The van der Waals surface area contributed by atoms with Gasteiger partial charge in [0.1, 0.15) is 24.9 Å². The van der Waals surface area contributed by atoms with E-state index in [1.807, 2.05) is 0 Å². The summed E-state index contributed by atoms with van der Waals surface area (Å²) in [6, 6.07) is 0. The molecule has 0 aromatic carbocycles. The average molecular weight is 428 g/mol. The Morgan fingerprint density at radius 2 is 1.38 bits per heavy atom. The molecule has 120 valence electrons. The molecule has 1 fully saturated rings. The van der Waals surface area contributed by atoms with E-state index in [9.17, 15) is 44.0 Å². The van der Waals surface area contributed by atoms with Crippen LogP contribution in [0.15, 0.2) is 0 Å². The fraction of sp³-hybridized carbons (Fsp3) is 1.00. The average Bonchev–Trinajstić information content (AvgIpc) is 2.48. The van der Waals surface area contributed by atoms with E-state index in [-0.39, 0.29) is 118 Å². The molecule has 0 aromatic heterocycles. The number of rotatable bonds is 6. The van der Waals surface area contributed by atoms with Crippen LogP contribution >= 0.6 is 15.6 Å².